The summed E-state index contributed by atoms with van der Waals surface area (Å²) in [6.45, 7) is 3.87. The topological polar surface area (TPSA) is 58.6 Å². The van der Waals surface area contributed by atoms with Crippen LogP contribution in [0.4, 0.5) is 4.79 Å². The highest BCUT2D eigenvalue weighted by atomic mass is 16.5. The van der Waals surface area contributed by atoms with Gasteiger partial charge in [0.25, 0.3) is 0 Å². The lowest BCUT2D eigenvalue weighted by molar-refractivity contribution is -0.139. The second-order valence-corrected chi connectivity index (χ2v) is 6.81. The molecule has 1 atom stereocenters. The molecule has 1 aliphatic heterocycles. The van der Waals surface area contributed by atoms with E-state index in [0.717, 1.165) is 23.8 Å². The fourth-order valence-corrected chi connectivity index (χ4v) is 4.06. The fourth-order valence-electron chi connectivity index (χ4n) is 4.06. The molecule has 2 amide bonds. The zero-order valence-corrected chi connectivity index (χ0v) is 15.3. The van der Waals surface area contributed by atoms with Crippen molar-refractivity contribution in [3.8, 4) is 0 Å². The standard InChI is InChI=1S/C21H22N2O3/c1-4-26-20(24)17-12(2)23(3)21(25)22-19(17)16-11-10-14-9-8-13-6-5-7-15(16)18(13)14/h5-7,10-11,19H,4,8-9H2,1-3H3,(H,22,25). The van der Waals surface area contributed by atoms with Gasteiger partial charge in [0.05, 0.1) is 18.2 Å². The Morgan fingerprint density at radius 1 is 1.23 bits per heavy atom. The summed E-state index contributed by atoms with van der Waals surface area (Å²) in [5, 5.41) is 5.34. The molecule has 1 heterocycles. The molecule has 0 spiro atoms. The number of aryl methyl sites for hydroxylation is 2. The maximum absolute atomic E-state index is 12.7. The van der Waals surface area contributed by atoms with Crippen LogP contribution in [0.25, 0.3) is 10.8 Å². The maximum Gasteiger partial charge on any atom is 0.338 e. The molecule has 2 aromatic carbocycles. The SMILES string of the molecule is CCOC(=O)C1=C(C)N(C)C(=O)NC1c1ccc2c3c(cccc13)CC2. The number of hydrogen-bond donors (Lipinski definition) is 1. The Bertz CT molecular complexity index is 951. The third kappa shape index (κ3) is 2.38. The number of carbonyl (C=O) groups is 2. The summed E-state index contributed by atoms with van der Waals surface area (Å²) < 4.78 is 5.28. The average Bonchev–Trinajstić information content (AvgIpc) is 3.05. The second kappa shape index (κ2) is 6.16. The monoisotopic (exact) mass is 350 g/mol. The molecule has 5 nitrogen and oxygen atoms in total. The first-order valence-electron chi connectivity index (χ1n) is 8.98. The molecule has 2 aromatic rings. The molecule has 0 aromatic heterocycles. The van der Waals surface area contributed by atoms with Crippen molar-refractivity contribution in [2.75, 3.05) is 13.7 Å². The van der Waals surface area contributed by atoms with E-state index < -0.39 is 6.04 Å². The number of nitrogens with one attached hydrogen (secondary N) is 1. The van der Waals surface area contributed by atoms with Gasteiger partial charge < -0.3 is 15.0 Å². The third-order valence-electron chi connectivity index (χ3n) is 5.47. The van der Waals surface area contributed by atoms with Crippen LogP contribution in [0.1, 0.15) is 36.6 Å². The van der Waals surface area contributed by atoms with Gasteiger partial charge in [0.2, 0.25) is 0 Å². The first-order valence-corrected chi connectivity index (χ1v) is 8.98. The van der Waals surface area contributed by atoms with Gasteiger partial charge in [-0.15, -0.1) is 0 Å². The van der Waals surface area contributed by atoms with E-state index in [4.69, 9.17) is 4.74 Å². The number of ether oxygens (including phenoxy) is 1. The van der Waals surface area contributed by atoms with E-state index in [-0.39, 0.29) is 12.0 Å². The number of carbonyl (C=O) groups excluding carboxylic acids is 2. The summed E-state index contributed by atoms with van der Waals surface area (Å²) in [5.74, 6) is -0.384. The van der Waals surface area contributed by atoms with Gasteiger partial charge in [-0.3, -0.25) is 0 Å². The molecule has 1 unspecified atom stereocenters. The number of amides is 2. The van der Waals surface area contributed by atoms with Crippen molar-refractivity contribution in [2.24, 2.45) is 0 Å². The quantitative estimate of drug-likeness (QED) is 0.863. The van der Waals surface area contributed by atoms with E-state index in [1.54, 1.807) is 20.9 Å². The lowest BCUT2D eigenvalue weighted by Crippen LogP contribution is -2.46. The Balaban J connectivity index is 1.93. The van der Waals surface area contributed by atoms with E-state index >= 15 is 0 Å². The number of esters is 1. The van der Waals surface area contributed by atoms with Crippen LogP contribution in [-0.4, -0.2) is 30.6 Å². The molecule has 0 fully saturated rings. The van der Waals surface area contributed by atoms with Crippen molar-refractivity contribution in [1.29, 1.82) is 0 Å². The van der Waals surface area contributed by atoms with Crippen LogP contribution in [-0.2, 0) is 22.4 Å². The van der Waals surface area contributed by atoms with Gasteiger partial charge in [0.1, 0.15) is 0 Å². The van der Waals surface area contributed by atoms with Gasteiger partial charge in [-0.2, -0.15) is 0 Å². The van der Waals surface area contributed by atoms with E-state index in [1.807, 2.05) is 12.1 Å². The molecule has 1 N–H and O–H groups in total. The van der Waals surface area contributed by atoms with Gasteiger partial charge in [0.15, 0.2) is 0 Å². The Labute approximate surface area is 152 Å². The molecule has 4 rings (SSSR count). The zero-order valence-electron chi connectivity index (χ0n) is 15.3. The van der Waals surface area contributed by atoms with E-state index in [2.05, 4.69) is 23.5 Å². The summed E-state index contributed by atoms with van der Waals surface area (Å²) in [7, 11) is 1.66. The molecule has 26 heavy (non-hydrogen) atoms. The predicted molar refractivity (Wildman–Crippen MR) is 99.7 cm³/mol. The molecule has 134 valence electrons. The van der Waals surface area contributed by atoms with Gasteiger partial charge in [-0.05, 0) is 54.2 Å². The van der Waals surface area contributed by atoms with Crippen molar-refractivity contribution in [3.63, 3.8) is 0 Å². The highest BCUT2D eigenvalue weighted by Gasteiger charge is 2.36. The smallest absolute Gasteiger partial charge is 0.338 e. The predicted octanol–water partition coefficient (Wildman–Crippen LogP) is 3.47. The highest BCUT2D eigenvalue weighted by molar-refractivity contribution is 5.99. The lowest BCUT2D eigenvalue weighted by Gasteiger charge is -2.33. The summed E-state index contributed by atoms with van der Waals surface area (Å²) in [6.07, 6.45) is 2.07. The van der Waals surface area contributed by atoms with Gasteiger partial charge in [-0.25, -0.2) is 9.59 Å². The number of nitrogens with zero attached hydrogens (tertiary/aromatic N) is 1. The summed E-state index contributed by atoms with van der Waals surface area (Å²) in [5.41, 5.74) is 4.72. The largest absolute Gasteiger partial charge is 0.463 e. The summed E-state index contributed by atoms with van der Waals surface area (Å²) >= 11 is 0. The van der Waals surface area contributed by atoms with Gasteiger partial charge >= 0.3 is 12.0 Å². The van der Waals surface area contributed by atoms with E-state index in [0.29, 0.717) is 17.9 Å². The molecule has 0 radical (unpaired) electrons. The number of hydrogen-bond acceptors (Lipinski definition) is 3. The number of urea groups is 1. The van der Waals surface area contributed by atoms with Crippen LogP contribution in [0.3, 0.4) is 0 Å². The minimum atomic E-state index is -0.511. The fraction of sp³-hybridized carbons (Fsp3) is 0.333. The lowest BCUT2D eigenvalue weighted by atomic mass is 9.89. The van der Waals surface area contributed by atoms with Crippen molar-refractivity contribution < 1.29 is 14.3 Å². The van der Waals surface area contributed by atoms with E-state index in [1.165, 1.54) is 21.4 Å². The second-order valence-electron chi connectivity index (χ2n) is 6.81. The number of allylic oxidation sites excluding steroid dienone is 1. The van der Waals surface area contributed by atoms with Crippen LogP contribution in [0.2, 0.25) is 0 Å². The van der Waals surface area contributed by atoms with Crippen LogP contribution in [0.15, 0.2) is 41.6 Å². The summed E-state index contributed by atoms with van der Waals surface area (Å²) in [4.78, 5) is 26.6. The molecule has 5 heteroatoms. The molecule has 0 saturated carbocycles. The Kier molecular flexibility index (Phi) is 3.94. The van der Waals surface area contributed by atoms with Gasteiger partial charge in [0, 0.05) is 12.7 Å². The molecule has 0 bridgehead atoms. The van der Waals surface area contributed by atoms with Crippen molar-refractivity contribution in [1.82, 2.24) is 10.2 Å². The molecular formula is C21H22N2O3. The molecular weight excluding hydrogens is 328 g/mol. The van der Waals surface area contributed by atoms with Crippen LogP contribution >= 0.6 is 0 Å². The molecule has 1 aliphatic carbocycles. The van der Waals surface area contributed by atoms with Crippen LogP contribution in [0.5, 0.6) is 0 Å². The van der Waals surface area contributed by atoms with Crippen LogP contribution < -0.4 is 5.32 Å². The van der Waals surface area contributed by atoms with Crippen molar-refractivity contribution in [2.45, 2.75) is 32.7 Å². The normalized spacial score (nSPS) is 19.1. The molecule has 0 saturated heterocycles. The first-order chi connectivity index (χ1) is 12.5. The van der Waals surface area contributed by atoms with Crippen molar-refractivity contribution in [3.05, 3.63) is 58.3 Å². The third-order valence-corrected chi connectivity index (χ3v) is 5.47. The summed E-state index contributed by atoms with van der Waals surface area (Å²) in [6, 6.07) is 9.71. The van der Waals surface area contributed by atoms with E-state index in [9.17, 15) is 9.59 Å². The average molecular weight is 350 g/mol. The molecule has 2 aliphatic rings. The number of benzene rings is 2. The Hall–Kier alpha value is -2.82. The minimum Gasteiger partial charge on any atom is -0.463 e. The number of rotatable bonds is 3. The Morgan fingerprint density at radius 3 is 2.69 bits per heavy atom. The Morgan fingerprint density at radius 2 is 1.96 bits per heavy atom. The maximum atomic E-state index is 12.7. The highest BCUT2D eigenvalue weighted by Crippen LogP contribution is 2.39. The van der Waals surface area contributed by atoms with Crippen LogP contribution in [0, 0.1) is 0 Å². The first kappa shape index (κ1) is 16.6. The van der Waals surface area contributed by atoms with Gasteiger partial charge in [-0.1, -0.05) is 30.3 Å². The minimum absolute atomic E-state index is 0.219. The zero-order chi connectivity index (χ0) is 18.4. The van der Waals surface area contributed by atoms with Crippen molar-refractivity contribution >= 4 is 22.8 Å².